The van der Waals surface area contributed by atoms with Crippen molar-refractivity contribution in [2.45, 2.75) is 31.4 Å². The van der Waals surface area contributed by atoms with Crippen LogP contribution in [0.3, 0.4) is 0 Å². The first-order chi connectivity index (χ1) is 8.96. The quantitative estimate of drug-likeness (QED) is 0.637. The maximum absolute atomic E-state index is 11.7. The molecule has 19 heavy (non-hydrogen) atoms. The van der Waals surface area contributed by atoms with E-state index in [0.717, 1.165) is 15.8 Å². The Morgan fingerprint density at radius 1 is 1.32 bits per heavy atom. The van der Waals surface area contributed by atoms with Crippen molar-refractivity contribution in [2.75, 3.05) is 5.75 Å². The first kappa shape index (κ1) is 13.8. The first-order valence-corrected chi connectivity index (χ1v) is 6.99. The van der Waals surface area contributed by atoms with E-state index in [1.165, 1.54) is 11.8 Å². The van der Waals surface area contributed by atoms with Gasteiger partial charge >= 0.3 is 5.97 Å². The fourth-order valence-electron chi connectivity index (χ4n) is 1.61. The summed E-state index contributed by atoms with van der Waals surface area (Å²) in [6.07, 6.45) is 1.72. The van der Waals surface area contributed by atoms with Crippen molar-refractivity contribution in [3.05, 3.63) is 30.5 Å². The van der Waals surface area contributed by atoms with Gasteiger partial charge in [0.25, 0.3) is 0 Å². The lowest BCUT2D eigenvalue weighted by molar-refractivity contribution is -0.151. The molecule has 0 fully saturated rings. The second-order valence-electron chi connectivity index (χ2n) is 5.11. The van der Waals surface area contributed by atoms with Gasteiger partial charge in [0.1, 0.15) is 10.6 Å². The van der Waals surface area contributed by atoms with E-state index in [0.29, 0.717) is 0 Å². The number of benzene rings is 1. The van der Waals surface area contributed by atoms with Crippen molar-refractivity contribution in [3.8, 4) is 0 Å². The Bertz CT molecular complexity index is 588. The number of ether oxygens (including phenoxy) is 1. The molecule has 0 unspecified atom stereocenters. The van der Waals surface area contributed by atoms with Gasteiger partial charge < -0.3 is 4.74 Å². The Balaban J connectivity index is 2.08. The van der Waals surface area contributed by atoms with Crippen LogP contribution in [0.25, 0.3) is 10.8 Å². The highest BCUT2D eigenvalue weighted by molar-refractivity contribution is 8.00. The highest BCUT2D eigenvalue weighted by Crippen LogP contribution is 2.25. The van der Waals surface area contributed by atoms with Gasteiger partial charge in [-0.3, -0.25) is 4.79 Å². The zero-order chi connectivity index (χ0) is 13.9. The minimum atomic E-state index is -0.456. The molecule has 0 spiro atoms. The van der Waals surface area contributed by atoms with Crippen LogP contribution in [-0.4, -0.2) is 27.5 Å². The van der Waals surface area contributed by atoms with Gasteiger partial charge in [-0.15, -0.1) is 5.10 Å². The zero-order valence-electron chi connectivity index (χ0n) is 11.2. The second-order valence-corrected chi connectivity index (χ2v) is 6.08. The van der Waals surface area contributed by atoms with Crippen LogP contribution < -0.4 is 0 Å². The number of carbonyl (C=O) groups excluding carboxylic acids is 1. The average molecular weight is 276 g/mol. The molecular formula is C14H16N2O2S. The highest BCUT2D eigenvalue weighted by atomic mass is 32.2. The molecule has 0 bridgehead atoms. The van der Waals surface area contributed by atoms with Gasteiger partial charge in [-0.25, -0.2) is 0 Å². The molecule has 0 aliphatic carbocycles. The molecule has 1 aromatic carbocycles. The van der Waals surface area contributed by atoms with Crippen molar-refractivity contribution < 1.29 is 9.53 Å². The molecule has 5 heteroatoms. The summed E-state index contributed by atoms with van der Waals surface area (Å²) in [4.78, 5) is 11.7. The summed E-state index contributed by atoms with van der Waals surface area (Å²) in [5.74, 6) is -0.00723. The van der Waals surface area contributed by atoms with E-state index in [-0.39, 0.29) is 11.7 Å². The molecule has 4 nitrogen and oxygen atoms in total. The molecule has 0 radical (unpaired) electrons. The Labute approximate surface area is 116 Å². The SMILES string of the molecule is CC(C)(C)OC(=O)CSc1nncc2ccccc12. The molecule has 0 saturated carbocycles. The molecule has 0 aliphatic rings. The van der Waals surface area contributed by atoms with Crippen LogP contribution in [0.1, 0.15) is 20.8 Å². The predicted octanol–water partition coefficient (Wildman–Crippen LogP) is 3.06. The summed E-state index contributed by atoms with van der Waals surface area (Å²) in [5.41, 5.74) is -0.456. The molecule has 0 N–H and O–H groups in total. The lowest BCUT2D eigenvalue weighted by atomic mass is 10.2. The maximum Gasteiger partial charge on any atom is 0.316 e. The van der Waals surface area contributed by atoms with Crippen molar-refractivity contribution in [1.29, 1.82) is 0 Å². The summed E-state index contributed by atoms with van der Waals surface area (Å²) in [6, 6.07) is 7.84. The van der Waals surface area contributed by atoms with Gasteiger partial charge in [0.05, 0.1) is 11.9 Å². The first-order valence-electron chi connectivity index (χ1n) is 6.01. The smallest absolute Gasteiger partial charge is 0.316 e. The number of rotatable bonds is 3. The van der Waals surface area contributed by atoms with Crippen LogP contribution in [0.2, 0.25) is 0 Å². The van der Waals surface area contributed by atoms with Gasteiger partial charge in [-0.2, -0.15) is 5.10 Å². The third-order valence-corrected chi connectivity index (χ3v) is 3.24. The van der Waals surface area contributed by atoms with E-state index in [9.17, 15) is 4.79 Å². The van der Waals surface area contributed by atoms with Crippen LogP contribution in [0, 0.1) is 0 Å². The molecule has 0 aliphatic heterocycles. The Hall–Kier alpha value is -1.62. The highest BCUT2D eigenvalue weighted by Gasteiger charge is 2.17. The molecule has 2 aromatic rings. The third-order valence-electron chi connectivity index (χ3n) is 2.28. The number of hydrogen-bond acceptors (Lipinski definition) is 5. The number of thioether (sulfide) groups is 1. The van der Waals surface area contributed by atoms with E-state index in [4.69, 9.17) is 4.74 Å². The summed E-state index contributed by atoms with van der Waals surface area (Å²) < 4.78 is 5.26. The number of hydrogen-bond donors (Lipinski definition) is 0. The minimum Gasteiger partial charge on any atom is -0.459 e. The molecule has 2 rings (SSSR count). The lowest BCUT2D eigenvalue weighted by Crippen LogP contribution is -2.24. The van der Waals surface area contributed by atoms with Crippen molar-refractivity contribution in [1.82, 2.24) is 10.2 Å². The number of carbonyl (C=O) groups is 1. The number of esters is 1. The van der Waals surface area contributed by atoms with Gasteiger partial charge in [0, 0.05) is 10.8 Å². The van der Waals surface area contributed by atoms with Crippen molar-refractivity contribution >= 4 is 28.5 Å². The monoisotopic (exact) mass is 276 g/mol. The molecule has 1 aromatic heterocycles. The predicted molar refractivity (Wildman–Crippen MR) is 76.1 cm³/mol. The van der Waals surface area contributed by atoms with Crippen LogP contribution in [-0.2, 0) is 9.53 Å². The standard InChI is InChI=1S/C14H16N2O2S/c1-14(2,3)18-12(17)9-19-13-11-7-5-4-6-10(11)8-15-16-13/h4-8H,9H2,1-3H3. The Morgan fingerprint density at radius 3 is 2.79 bits per heavy atom. The van der Waals surface area contributed by atoms with Gasteiger partial charge in [-0.05, 0) is 20.8 Å². The topological polar surface area (TPSA) is 52.1 Å². The molecule has 100 valence electrons. The van der Waals surface area contributed by atoms with Gasteiger partial charge in [0.2, 0.25) is 0 Å². The summed E-state index contributed by atoms with van der Waals surface area (Å²) in [7, 11) is 0. The van der Waals surface area contributed by atoms with E-state index >= 15 is 0 Å². The van der Waals surface area contributed by atoms with Crippen LogP contribution >= 0.6 is 11.8 Å². The summed E-state index contributed by atoms with van der Waals surface area (Å²) in [5, 5.41) is 10.8. The summed E-state index contributed by atoms with van der Waals surface area (Å²) in [6.45, 7) is 5.56. The number of aromatic nitrogens is 2. The third kappa shape index (κ3) is 3.92. The van der Waals surface area contributed by atoms with Crippen LogP contribution in [0.4, 0.5) is 0 Å². The van der Waals surface area contributed by atoms with Crippen molar-refractivity contribution in [3.63, 3.8) is 0 Å². The Kier molecular flexibility index (Phi) is 4.04. The molecule has 1 heterocycles. The van der Waals surface area contributed by atoms with Crippen LogP contribution in [0.15, 0.2) is 35.5 Å². The van der Waals surface area contributed by atoms with E-state index < -0.39 is 5.60 Å². The number of fused-ring (bicyclic) bond motifs is 1. The van der Waals surface area contributed by atoms with E-state index in [1.807, 2.05) is 45.0 Å². The second kappa shape index (κ2) is 5.57. The molecular weight excluding hydrogens is 260 g/mol. The van der Waals surface area contributed by atoms with Crippen molar-refractivity contribution in [2.24, 2.45) is 0 Å². The minimum absolute atomic E-state index is 0.236. The fourth-order valence-corrected chi connectivity index (χ4v) is 2.37. The molecule has 0 amide bonds. The largest absolute Gasteiger partial charge is 0.459 e. The van der Waals surface area contributed by atoms with Gasteiger partial charge in [0.15, 0.2) is 0 Å². The molecule has 0 saturated heterocycles. The lowest BCUT2D eigenvalue weighted by Gasteiger charge is -2.19. The maximum atomic E-state index is 11.7. The Morgan fingerprint density at radius 2 is 2.05 bits per heavy atom. The zero-order valence-corrected chi connectivity index (χ0v) is 12.0. The summed E-state index contributed by atoms with van der Waals surface area (Å²) >= 11 is 1.35. The van der Waals surface area contributed by atoms with E-state index in [1.54, 1.807) is 6.20 Å². The van der Waals surface area contributed by atoms with E-state index in [2.05, 4.69) is 10.2 Å². The average Bonchev–Trinajstić information content (AvgIpc) is 2.34. The van der Waals surface area contributed by atoms with Gasteiger partial charge in [-0.1, -0.05) is 36.0 Å². The number of nitrogens with zero attached hydrogens (tertiary/aromatic N) is 2. The van der Waals surface area contributed by atoms with Crippen LogP contribution in [0.5, 0.6) is 0 Å². The molecule has 0 atom stereocenters. The fraction of sp³-hybridized carbons (Fsp3) is 0.357. The normalized spacial score (nSPS) is 11.5.